The molecule has 1 aromatic carbocycles. The van der Waals surface area contributed by atoms with E-state index >= 15 is 0 Å². The number of piperidine rings is 2. The van der Waals surface area contributed by atoms with Gasteiger partial charge in [-0.15, -0.1) is 35.3 Å². The van der Waals surface area contributed by atoms with Gasteiger partial charge in [-0.2, -0.15) is 0 Å². The van der Waals surface area contributed by atoms with Crippen LogP contribution in [0.1, 0.15) is 36.1 Å². The third-order valence-electron chi connectivity index (χ3n) is 6.52. The van der Waals surface area contributed by atoms with Crippen LogP contribution in [0.4, 0.5) is 0 Å². The lowest BCUT2D eigenvalue weighted by molar-refractivity contribution is 0.169. The molecule has 0 bridgehead atoms. The normalized spacial score (nSPS) is 21.2. The van der Waals surface area contributed by atoms with Crippen LogP contribution in [0, 0.1) is 5.92 Å². The van der Waals surface area contributed by atoms with Gasteiger partial charge in [-0.1, -0.05) is 36.4 Å². The number of hydrogen-bond donors (Lipinski definition) is 2. The monoisotopic (exact) mass is 567 g/mol. The number of guanidine groups is 1. The van der Waals surface area contributed by atoms with Crippen LogP contribution in [-0.4, -0.2) is 61.6 Å². The van der Waals surface area contributed by atoms with Crippen molar-refractivity contribution in [1.29, 1.82) is 0 Å². The largest absolute Gasteiger partial charge is 0.356 e. The van der Waals surface area contributed by atoms with E-state index in [-0.39, 0.29) is 24.0 Å². The number of rotatable bonds is 7. The number of aliphatic imine (C=N–C) groups is 1. The Balaban J connectivity index is 0.00000289. The van der Waals surface area contributed by atoms with E-state index in [1.54, 1.807) is 0 Å². The van der Waals surface area contributed by atoms with Gasteiger partial charge in [0.1, 0.15) is 0 Å². The van der Waals surface area contributed by atoms with Crippen LogP contribution in [0.3, 0.4) is 0 Å². The molecule has 2 aliphatic rings. The molecule has 0 radical (unpaired) electrons. The van der Waals surface area contributed by atoms with Crippen molar-refractivity contribution in [3.05, 3.63) is 58.3 Å². The lowest BCUT2D eigenvalue weighted by Crippen LogP contribution is -2.50. The average Bonchev–Trinajstić information content (AvgIpc) is 3.32. The minimum absolute atomic E-state index is 0. The van der Waals surface area contributed by atoms with E-state index in [9.17, 15) is 0 Å². The summed E-state index contributed by atoms with van der Waals surface area (Å²) in [4.78, 5) is 11.2. The minimum Gasteiger partial charge on any atom is -0.356 e. The molecule has 0 aliphatic carbocycles. The summed E-state index contributed by atoms with van der Waals surface area (Å²) in [7, 11) is 1.89. The molecular weight excluding hydrogens is 529 g/mol. The highest BCUT2D eigenvalue weighted by Crippen LogP contribution is 2.20. The molecule has 1 atom stereocenters. The Morgan fingerprint density at radius 2 is 1.81 bits per heavy atom. The number of nitrogens with one attached hydrogen (secondary N) is 2. The molecule has 2 N–H and O–H groups in total. The first kappa shape index (κ1) is 25.5. The second-order valence-corrected chi connectivity index (χ2v) is 9.99. The summed E-state index contributed by atoms with van der Waals surface area (Å²) >= 11 is 1.87. The maximum absolute atomic E-state index is 4.50. The van der Waals surface area contributed by atoms with Gasteiger partial charge in [-0.05, 0) is 55.2 Å². The molecule has 1 unspecified atom stereocenters. The zero-order valence-electron chi connectivity index (χ0n) is 19.2. The summed E-state index contributed by atoms with van der Waals surface area (Å²) in [5.41, 5.74) is 1.41. The summed E-state index contributed by atoms with van der Waals surface area (Å²) in [6.45, 7) is 7.86. The molecule has 0 saturated carbocycles. The number of halogens is 1. The maximum Gasteiger partial charge on any atom is 0.191 e. The summed E-state index contributed by atoms with van der Waals surface area (Å²) in [5.74, 6) is 1.66. The fourth-order valence-corrected chi connectivity index (χ4v) is 5.54. The lowest BCUT2D eigenvalue weighted by atomic mass is 9.98. The van der Waals surface area contributed by atoms with Gasteiger partial charge in [-0.3, -0.25) is 14.8 Å². The molecule has 0 amide bonds. The van der Waals surface area contributed by atoms with Crippen LogP contribution in [0.25, 0.3) is 0 Å². The van der Waals surface area contributed by atoms with E-state index in [4.69, 9.17) is 0 Å². The second-order valence-electron chi connectivity index (χ2n) is 8.96. The quantitative estimate of drug-likeness (QED) is 0.296. The Labute approximate surface area is 214 Å². The Kier molecular flexibility index (Phi) is 10.8. The van der Waals surface area contributed by atoms with Crippen LogP contribution in [-0.2, 0) is 13.1 Å². The van der Waals surface area contributed by atoms with Gasteiger partial charge in [-0.25, -0.2) is 0 Å². The maximum atomic E-state index is 4.50. The van der Waals surface area contributed by atoms with Gasteiger partial charge in [0.25, 0.3) is 0 Å². The highest BCUT2D eigenvalue weighted by Gasteiger charge is 2.22. The van der Waals surface area contributed by atoms with Crippen molar-refractivity contribution in [1.82, 2.24) is 20.4 Å². The van der Waals surface area contributed by atoms with Crippen LogP contribution in [0.15, 0.2) is 52.8 Å². The standard InChI is InChI=1S/C25H37N5S.HI/c1-26-25(27-17-22-9-5-13-30(19-22)20-24-10-6-16-31-24)28-23-11-14-29(15-12-23)18-21-7-3-2-4-8-21;/h2-4,6-8,10,16,22-23H,5,9,11-15,17-20H2,1H3,(H2,26,27,28);1H. The highest BCUT2D eigenvalue weighted by atomic mass is 127. The molecule has 2 saturated heterocycles. The van der Waals surface area contributed by atoms with Crippen molar-refractivity contribution in [3.63, 3.8) is 0 Å². The smallest absolute Gasteiger partial charge is 0.191 e. The van der Waals surface area contributed by atoms with Crippen molar-refractivity contribution in [2.24, 2.45) is 10.9 Å². The van der Waals surface area contributed by atoms with Gasteiger partial charge in [0.05, 0.1) is 0 Å². The average molecular weight is 568 g/mol. The Morgan fingerprint density at radius 3 is 2.53 bits per heavy atom. The number of thiophene rings is 1. The first-order chi connectivity index (χ1) is 15.3. The lowest BCUT2D eigenvalue weighted by Gasteiger charge is -2.34. The SMILES string of the molecule is CN=C(NCC1CCCN(Cc2cccs2)C1)NC1CCN(Cc2ccccc2)CC1.I. The van der Waals surface area contributed by atoms with Gasteiger partial charge >= 0.3 is 0 Å². The summed E-state index contributed by atoms with van der Waals surface area (Å²) in [5, 5.41) is 9.48. The van der Waals surface area contributed by atoms with E-state index in [2.05, 4.69) is 73.3 Å². The van der Waals surface area contributed by atoms with Crippen LogP contribution in [0.5, 0.6) is 0 Å². The van der Waals surface area contributed by atoms with E-state index in [1.165, 1.54) is 49.2 Å². The molecule has 2 aromatic rings. The molecule has 5 nitrogen and oxygen atoms in total. The number of hydrogen-bond acceptors (Lipinski definition) is 4. The summed E-state index contributed by atoms with van der Waals surface area (Å²) in [6, 6.07) is 15.7. The van der Waals surface area contributed by atoms with Gasteiger partial charge in [0.2, 0.25) is 0 Å². The fraction of sp³-hybridized carbons (Fsp3) is 0.560. The molecular formula is C25H38IN5S. The van der Waals surface area contributed by atoms with Crippen molar-refractivity contribution >= 4 is 41.3 Å². The van der Waals surface area contributed by atoms with Crippen molar-refractivity contribution in [2.45, 2.75) is 44.8 Å². The summed E-state index contributed by atoms with van der Waals surface area (Å²) < 4.78 is 0. The molecule has 7 heteroatoms. The number of nitrogens with zero attached hydrogens (tertiary/aromatic N) is 3. The molecule has 32 heavy (non-hydrogen) atoms. The van der Waals surface area contributed by atoms with Gasteiger partial charge in [0, 0.05) is 57.2 Å². The molecule has 0 spiro atoms. The number of benzene rings is 1. The molecule has 176 valence electrons. The zero-order valence-corrected chi connectivity index (χ0v) is 22.4. The fourth-order valence-electron chi connectivity index (χ4n) is 4.79. The Morgan fingerprint density at radius 1 is 1.00 bits per heavy atom. The molecule has 4 rings (SSSR count). The highest BCUT2D eigenvalue weighted by molar-refractivity contribution is 14.0. The van der Waals surface area contributed by atoms with Crippen LogP contribution < -0.4 is 10.6 Å². The zero-order chi connectivity index (χ0) is 21.3. The third kappa shape index (κ3) is 8.01. The second kappa shape index (κ2) is 13.5. The molecule has 2 fully saturated rings. The summed E-state index contributed by atoms with van der Waals surface area (Å²) in [6.07, 6.45) is 4.95. The van der Waals surface area contributed by atoms with Crippen LogP contribution in [0.2, 0.25) is 0 Å². The Hall–Kier alpha value is -1.16. The van der Waals surface area contributed by atoms with E-state index in [0.29, 0.717) is 12.0 Å². The molecule has 2 aliphatic heterocycles. The first-order valence-electron chi connectivity index (χ1n) is 11.8. The predicted molar refractivity (Wildman–Crippen MR) is 147 cm³/mol. The predicted octanol–water partition coefficient (Wildman–Crippen LogP) is 4.41. The molecule has 3 heterocycles. The van der Waals surface area contributed by atoms with E-state index < -0.39 is 0 Å². The third-order valence-corrected chi connectivity index (χ3v) is 7.38. The van der Waals surface area contributed by atoms with Crippen molar-refractivity contribution in [3.8, 4) is 0 Å². The van der Waals surface area contributed by atoms with Crippen molar-refractivity contribution < 1.29 is 0 Å². The van der Waals surface area contributed by atoms with Gasteiger partial charge in [0.15, 0.2) is 5.96 Å². The van der Waals surface area contributed by atoms with Crippen LogP contribution >= 0.6 is 35.3 Å². The topological polar surface area (TPSA) is 42.9 Å². The van der Waals surface area contributed by atoms with E-state index in [0.717, 1.165) is 38.7 Å². The van der Waals surface area contributed by atoms with Gasteiger partial charge < -0.3 is 10.6 Å². The molecule has 1 aromatic heterocycles. The Bertz CT molecular complexity index is 790. The van der Waals surface area contributed by atoms with Crippen molar-refractivity contribution in [2.75, 3.05) is 39.8 Å². The first-order valence-corrected chi connectivity index (χ1v) is 12.6. The van der Waals surface area contributed by atoms with E-state index in [1.807, 2.05) is 18.4 Å². The number of likely N-dealkylation sites (tertiary alicyclic amines) is 2. The minimum atomic E-state index is 0.